The maximum absolute atomic E-state index is 13.8. The van der Waals surface area contributed by atoms with E-state index in [2.05, 4.69) is 15.0 Å². The van der Waals surface area contributed by atoms with Gasteiger partial charge in [0.25, 0.3) is 5.56 Å². The van der Waals surface area contributed by atoms with Gasteiger partial charge in [-0.3, -0.25) is 14.2 Å². The van der Waals surface area contributed by atoms with Gasteiger partial charge in [-0.25, -0.2) is 13.6 Å². The van der Waals surface area contributed by atoms with Gasteiger partial charge < -0.3 is 19.5 Å². The van der Waals surface area contributed by atoms with E-state index in [1.165, 1.54) is 10.6 Å². The van der Waals surface area contributed by atoms with Gasteiger partial charge in [0.2, 0.25) is 5.88 Å². The minimum atomic E-state index is -1.03. The number of hydrogen-bond donors (Lipinski definition) is 1. The lowest BCUT2D eigenvalue weighted by atomic mass is 10.2. The van der Waals surface area contributed by atoms with E-state index in [1.54, 1.807) is 20.8 Å². The number of aromatic nitrogens is 2. The molecule has 0 bridgehead atoms. The van der Waals surface area contributed by atoms with Gasteiger partial charge in [0.05, 0.1) is 13.2 Å². The number of halogens is 3. The van der Waals surface area contributed by atoms with Gasteiger partial charge in [-0.15, -0.1) is 0 Å². The lowest BCUT2D eigenvalue weighted by Crippen LogP contribution is -2.35. The molecule has 2 aromatic rings. The van der Waals surface area contributed by atoms with E-state index in [1.807, 2.05) is 0 Å². The number of amides is 1. The number of nitrogens with zero attached hydrogens (tertiary/aromatic N) is 2. The van der Waals surface area contributed by atoms with E-state index in [9.17, 15) is 23.2 Å². The van der Waals surface area contributed by atoms with Crippen LogP contribution in [0.4, 0.5) is 8.78 Å². The molecule has 9 nitrogen and oxygen atoms in total. The van der Waals surface area contributed by atoms with E-state index >= 15 is 0 Å². The van der Waals surface area contributed by atoms with Crippen LogP contribution in [0.1, 0.15) is 32.4 Å². The Morgan fingerprint density at radius 3 is 2.59 bits per heavy atom. The average molecular weight is 474 g/mol. The first-order valence-electron chi connectivity index (χ1n) is 9.62. The Hall–Kier alpha value is -3.21. The first kappa shape index (κ1) is 25.1. The van der Waals surface area contributed by atoms with Crippen LogP contribution in [0.15, 0.2) is 23.0 Å². The third-order valence-electron chi connectivity index (χ3n) is 3.97. The molecule has 0 saturated heterocycles. The fraction of sp³-hybridized carbons (Fsp3) is 0.400. The number of carbonyl (C=O) groups is 2. The van der Waals surface area contributed by atoms with Crippen LogP contribution >= 0.6 is 11.6 Å². The van der Waals surface area contributed by atoms with Crippen molar-refractivity contribution < 1.29 is 32.6 Å². The second-order valence-corrected chi connectivity index (χ2v) is 7.01. The average Bonchev–Trinajstić information content (AvgIpc) is 2.73. The molecule has 1 aromatic heterocycles. The SMILES string of the molecule is CCOC(=O)C(=O)NCCOc1nc(OCc2ccc(F)cc2F)c(Cl)c(=O)n1C(C)C. The normalized spacial score (nSPS) is 10.7. The quantitative estimate of drug-likeness (QED) is 0.338. The minimum Gasteiger partial charge on any atom is -0.471 e. The van der Waals surface area contributed by atoms with Crippen LogP contribution in [0.25, 0.3) is 0 Å². The van der Waals surface area contributed by atoms with Crippen molar-refractivity contribution in [3.05, 3.63) is 50.8 Å². The molecule has 0 spiro atoms. The summed E-state index contributed by atoms with van der Waals surface area (Å²) in [5, 5.41) is 1.96. The van der Waals surface area contributed by atoms with Crippen molar-refractivity contribution >= 4 is 23.5 Å². The second-order valence-electron chi connectivity index (χ2n) is 6.63. The Kier molecular flexibility index (Phi) is 8.94. The van der Waals surface area contributed by atoms with Gasteiger partial charge >= 0.3 is 17.9 Å². The molecule has 1 heterocycles. The van der Waals surface area contributed by atoms with Crippen LogP contribution in [-0.4, -0.2) is 41.2 Å². The van der Waals surface area contributed by atoms with E-state index in [4.69, 9.17) is 21.1 Å². The summed E-state index contributed by atoms with van der Waals surface area (Å²) in [7, 11) is 0. The van der Waals surface area contributed by atoms with Crippen molar-refractivity contribution in [3.8, 4) is 11.9 Å². The van der Waals surface area contributed by atoms with E-state index in [0.29, 0.717) is 6.07 Å². The smallest absolute Gasteiger partial charge is 0.396 e. The molecule has 174 valence electrons. The van der Waals surface area contributed by atoms with Gasteiger partial charge in [0.15, 0.2) is 5.02 Å². The highest BCUT2D eigenvalue weighted by atomic mass is 35.5. The lowest BCUT2D eigenvalue weighted by molar-refractivity contribution is -0.154. The molecule has 0 saturated carbocycles. The number of esters is 1. The predicted molar refractivity (Wildman–Crippen MR) is 110 cm³/mol. The Balaban J connectivity index is 2.15. The largest absolute Gasteiger partial charge is 0.471 e. The van der Waals surface area contributed by atoms with E-state index in [-0.39, 0.29) is 54.9 Å². The van der Waals surface area contributed by atoms with Gasteiger partial charge in [-0.2, -0.15) is 4.98 Å². The van der Waals surface area contributed by atoms with E-state index in [0.717, 1.165) is 6.07 Å². The molecule has 0 aliphatic carbocycles. The van der Waals surface area contributed by atoms with Crippen LogP contribution in [0.5, 0.6) is 11.9 Å². The highest BCUT2D eigenvalue weighted by Crippen LogP contribution is 2.24. The van der Waals surface area contributed by atoms with Crippen molar-refractivity contribution in [2.24, 2.45) is 0 Å². The fourth-order valence-electron chi connectivity index (χ4n) is 2.49. The van der Waals surface area contributed by atoms with Crippen molar-refractivity contribution in [1.29, 1.82) is 0 Å². The topological polar surface area (TPSA) is 109 Å². The van der Waals surface area contributed by atoms with Crippen LogP contribution in [0.2, 0.25) is 5.02 Å². The Labute approximate surface area is 187 Å². The van der Waals surface area contributed by atoms with Crippen LogP contribution in [0.3, 0.4) is 0 Å². The van der Waals surface area contributed by atoms with Crippen LogP contribution in [0, 0.1) is 11.6 Å². The van der Waals surface area contributed by atoms with E-state index < -0.39 is 29.1 Å². The highest BCUT2D eigenvalue weighted by molar-refractivity contribution is 6.32. The second kappa shape index (κ2) is 11.4. The molecular formula is C20H22ClF2N3O6. The molecule has 0 aliphatic heterocycles. The summed E-state index contributed by atoms with van der Waals surface area (Å²) in [6, 6.07) is 2.41. The summed E-state index contributed by atoms with van der Waals surface area (Å²) in [6.07, 6.45) is 0. The summed E-state index contributed by atoms with van der Waals surface area (Å²) < 4.78 is 43.5. The standard InChI is InChI=1S/C20H22ClF2N3O6/c1-4-30-19(29)16(27)24-7-8-31-20-25-17(15(21)18(28)26(20)11(2)3)32-10-12-5-6-13(22)9-14(12)23/h5-6,9,11H,4,7-8,10H2,1-3H3,(H,24,27). The fourth-order valence-corrected chi connectivity index (χ4v) is 2.68. The zero-order valence-electron chi connectivity index (χ0n) is 17.6. The third kappa shape index (κ3) is 6.39. The Morgan fingerprint density at radius 1 is 1.25 bits per heavy atom. The highest BCUT2D eigenvalue weighted by Gasteiger charge is 2.20. The first-order chi connectivity index (χ1) is 15.1. The minimum absolute atomic E-state index is 0.0291. The summed E-state index contributed by atoms with van der Waals surface area (Å²) in [5.41, 5.74) is -0.627. The number of ether oxygens (including phenoxy) is 3. The molecule has 12 heteroatoms. The molecule has 2 rings (SSSR count). The van der Waals surface area contributed by atoms with Crippen LogP contribution in [-0.2, 0) is 20.9 Å². The number of nitrogens with one attached hydrogen (secondary N) is 1. The number of hydrogen-bond acceptors (Lipinski definition) is 7. The van der Waals surface area contributed by atoms with Crippen molar-refractivity contribution in [1.82, 2.24) is 14.9 Å². The molecular weight excluding hydrogens is 452 g/mol. The van der Waals surface area contributed by atoms with Gasteiger partial charge in [-0.1, -0.05) is 11.6 Å². The first-order valence-corrected chi connectivity index (χ1v) is 10.00. The Bertz CT molecular complexity index is 1040. The molecule has 0 fully saturated rings. The number of rotatable bonds is 9. The van der Waals surface area contributed by atoms with Gasteiger partial charge in [0.1, 0.15) is 24.8 Å². The predicted octanol–water partition coefficient (Wildman–Crippen LogP) is 2.39. The lowest BCUT2D eigenvalue weighted by Gasteiger charge is -2.18. The molecule has 0 unspecified atom stereocenters. The summed E-state index contributed by atoms with van der Waals surface area (Å²) in [5.74, 6) is -3.84. The van der Waals surface area contributed by atoms with Crippen molar-refractivity contribution in [2.45, 2.75) is 33.4 Å². The monoisotopic (exact) mass is 473 g/mol. The molecule has 1 N–H and O–H groups in total. The molecule has 32 heavy (non-hydrogen) atoms. The molecule has 0 atom stereocenters. The van der Waals surface area contributed by atoms with Gasteiger partial charge in [-0.05, 0) is 32.9 Å². The summed E-state index contributed by atoms with van der Waals surface area (Å²) in [4.78, 5) is 39.6. The molecule has 0 aliphatic rings. The maximum atomic E-state index is 13.8. The Morgan fingerprint density at radius 2 is 1.97 bits per heavy atom. The number of benzene rings is 1. The summed E-state index contributed by atoms with van der Waals surface area (Å²) >= 11 is 6.07. The van der Waals surface area contributed by atoms with Crippen molar-refractivity contribution in [3.63, 3.8) is 0 Å². The van der Waals surface area contributed by atoms with Crippen LogP contribution < -0.4 is 20.3 Å². The van der Waals surface area contributed by atoms with Gasteiger partial charge in [0, 0.05) is 17.7 Å². The molecule has 0 radical (unpaired) electrons. The molecule has 1 amide bonds. The number of carbonyl (C=O) groups excluding carboxylic acids is 2. The molecule has 1 aromatic carbocycles. The zero-order chi connectivity index (χ0) is 23.8. The van der Waals surface area contributed by atoms with Crippen molar-refractivity contribution in [2.75, 3.05) is 19.8 Å². The summed E-state index contributed by atoms with van der Waals surface area (Å²) in [6.45, 7) is 4.44. The third-order valence-corrected chi connectivity index (χ3v) is 4.30. The zero-order valence-corrected chi connectivity index (χ0v) is 18.4. The maximum Gasteiger partial charge on any atom is 0.396 e.